The van der Waals surface area contributed by atoms with Crippen molar-refractivity contribution in [1.29, 1.82) is 0 Å². The first-order valence-electron chi connectivity index (χ1n) is 7.31. The Hall–Kier alpha value is -2.71. The average Bonchev–Trinajstić information content (AvgIpc) is 2.65. The predicted octanol–water partition coefficient (Wildman–Crippen LogP) is 1.36. The molecular formula is C17H23N7. The third kappa shape index (κ3) is 6.19. The average molecular weight is 325 g/mol. The highest BCUT2D eigenvalue weighted by Gasteiger charge is 2.09. The van der Waals surface area contributed by atoms with E-state index < -0.39 is 0 Å². The van der Waals surface area contributed by atoms with Crippen LogP contribution in [0.4, 0.5) is 0 Å². The van der Waals surface area contributed by atoms with Gasteiger partial charge < -0.3 is 0 Å². The lowest BCUT2D eigenvalue weighted by Crippen LogP contribution is -2.13. The first kappa shape index (κ1) is 19.3. The summed E-state index contributed by atoms with van der Waals surface area (Å²) in [6.07, 6.45) is 5.33. The molecule has 126 valence electrons. The number of hydrazine groups is 2. The van der Waals surface area contributed by atoms with Gasteiger partial charge in [-0.1, -0.05) is 12.1 Å². The van der Waals surface area contributed by atoms with Gasteiger partial charge in [-0.2, -0.15) is 0 Å². The quantitative estimate of drug-likeness (QED) is 0.415. The first-order chi connectivity index (χ1) is 11.8. The van der Waals surface area contributed by atoms with E-state index >= 15 is 0 Å². The molecule has 0 atom stereocenters. The minimum atomic E-state index is 0.858. The highest BCUT2D eigenvalue weighted by atomic mass is 15.2. The molecular weight excluding hydrogens is 302 g/mol. The molecule has 0 radical (unpaired) electrons. The van der Waals surface area contributed by atoms with Gasteiger partial charge in [0, 0.05) is 24.2 Å². The van der Waals surface area contributed by atoms with E-state index in [0.717, 1.165) is 22.6 Å². The van der Waals surface area contributed by atoms with Crippen molar-refractivity contribution in [2.24, 2.45) is 11.7 Å². The lowest BCUT2D eigenvalue weighted by Gasteiger charge is -2.06. The molecule has 0 spiro atoms. The van der Waals surface area contributed by atoms with Gasteiger partial charge in [0.15, 0.2) is 0 Å². The second-order valence-electron chi connectivity index (χ2n) is 4.41. The Morgan fingerprint density at radius 3 is 1.67 bits per heavy atom. The van der Waals surface area contributed by atoms with Crippen LogP contribution in [0, 0.1) is 0 Å². The molecule has 0 unspecified atom stereocenters. The molecule has 0 saturated heterocycles. The largest absolute Gasteiger partial charge is 0.272 e. The Morgan fingerprint density at radius 2 is 1.17 bits per heavy atom. The zero-order valence-electron chi connectivity index (χ0n) is 13.8. The summed E-state index contributed by atoms with van der Waals surface area (Å²) in [4.78, 5) is 13.1. The van der Waals surface area contributed by atoms with Crippen molar-refractivity contribution in [2.75, 3.05) is 14.1 Å². The van der Waals surface area contributed by atoms with Crippen LogP contribution in [-0.4, -0.2) is 29.0 Å². The fourth-order valence-corrected chi connectivity index (χ4v) is 1.84. The van der Waals surface area contributed by atoms with E-state index in [2.05, 4.69) is 37.5 Å². The Kier molecular flexibility index (Phi) is 9.51. The monoisotopic (exact) mass is 325 g/mol. The van der Waals surface area contributed by atoms with Crippen LogP contribution in [-0.2, 0) is 0 Å². The molecule has 3 aromatic rings. The number of aromatic nitrogens is 3. The summed E-state index contributed by atoms with van der Waals surface area (Å²) in [5.74, 6) is 9.19. The summed E-state index contributed by atoms with van der Waals surface area (Å²) < 4.78 is 0. The van der Waals surface area contributed by atoms with Crippen molar-refractivity contribution in [3.05, 3.63) is 67.1 Å². The maximum absolute atomic E-state index is 4.60. The van der Waals surface area contributed by atoms with E-state index in [1.165, 1.54) is 0 Å². The molecule has 0 fully saturated rings. The third-order valence-corrected chi connectivity index (χ3v) is 2.66. The van der Waals surface area contributed by atoms with Crippen LogP contribution >= 0.6 is 0 Å². The van der Waals surface area contributed by atoms with Gasteiger partial charge in [0.2, 0.25) is 0 Å². The molecule has 7 heteroatoms. The maximum atomic E-state index is 4.60. The summed E-state index contributed by atoms with van der Waals surface area (Å²) in [6, 6.07) is 15.6. The van der Waals surface area contributed by atoms with Crippen LogP contribution in [0.3, 0.4) is 0 Å². The molecule has 0 saturated carbocycles. The number of hydrogen-bond acceptors (Lipinski definition) is 7. The molecule has 3 heterocycles. The van der Waals surface area contributed by atoms with Crippen LogP contribution in [0.25, 0.3) is 22.6 Å². The summed E-state index contributed by atoms with van der Waals surface area (Å²) in [7, 11) is 3.31. The molecule has 24 heavy (non-hydrogen) atoms. The second kappa shape index (κ2) is 11.8. The Balaban J connectivity index is 0.000000423. The van der Waals surface area contributed by atoms with Crippen LogP contribution in [0.2, 0.25) is 0 Å². The summed E-state index contributed by atoms with van der Waals surface area (Å²) in [5.41, 5.74) is 8.12. The summed E-state index contributed by atoms with van der Waals surface area (Å²) in [5, 5.41) is 0. The van der Waals surface area contributed by atoms with Crippen molar-refractivity contribution in [1.82, 2.24) is 25.8 Å². The molecule has 0 amide bonds. The number of nitrogens with two attached hydrogens (primary N) is 2. The third-order valence-electron chi connectivity index (χ3n) is 2.66. The Morgan fingerprint density at radius 1 is 0.667 bits per heavy atom. The normalized spacial score (nSPS) is 9.17. The highest BCUT2D eigenvalue weighted by molar-refractivity contribution is 5.76. The molecule has 0 aliphatic heterocycles. The van der Waals surface area contributed by atoms with E-state index in [0.29, 0.717) is 0 Å². The topological polar surface area (TPSA) is 115 Å². The van der Waals surface area contributed by atoms with Gasteiger partial charge in [0.1, 0.15) is 0 Å². The van der Waals surface area contributed by atoms with Crippen molar-refractivity contribution < 1.29 is 0 Å². The zero-order valence-corrected chi connectivity index (χ0v) is 13.8. The van der Waals surface area contributed by atoms with Gasteiger partial charge in [-0.05, 0) is 50.5 Å². The van der Waals surface area contributed by atoms with Crippen LogP contribution in [0.5, 0.6) is 0 Å². The van der Waals surface area contributed by atoms with E-state index in [4.69, 9.17) is 0 Å². The first-order valence-corrected chi connectivity index (χ1v) is 7.31. The van der Waals surface area contributed by atoms with Crippen molar-refractivity contribution in [2.45, 2.75) is 0 Å². The van der Waals surface area contributed by atoms with E-state index in [9.17, 15) is 0 Å². The standard InChI is InChI=1S/C15H11N3.2CH6N2/c1-3-9-16-13(7-1)12-6-5-11-18-15(12)14-8-2-4-10-17-14;2*1-3-2/h1-11H;2*3H,2H2,1H3. The fourth-order valence-electron chi connectivity index (χ4n) is 1.84. The smallest absolute Gasteiger partial charge is 0.0980 e. The molecule has 0 aliphatic carbocycles. The number of nitrogens with one attached hydrogen (secondary N) is 2. The highest BCUT2D eigenvalue weighted by Crippen LogP contribution is 2.26. The van der Waals surface area contributed by atoms with Crippen LogP contribution < -0.4 is 22.5 Å². The molecule has 0 aromatic carbocycles. The van der Waals surface area contributed by atoms with Crippen molar-refractivity contribution in [3.8, 4) is 22.6 Å². The summed E-state index contributed by atoms with van der Waals surface area (Å²) in [6.45, 7) is 0. The van der Waals surface area contributed by atoms with Gasteiger partial charge >= 0.3 is 0 Å². The molecule has 0 bridgehead atoms. The maximum Gasteiger partial charge on any atom is 0.0980 e. The van der Waals surface area contributed by atoms with Crippen LogP contribution in [0.1, 0.15) is 0 Å². The van der Waals surface area contributed by atoms with Crippen LogP contribution in [0.15, 0.2) is 67.1 Å². The molecule has 3 rings (SSSR count). The van der Waals surface area contributed by atoms with Gasteiger partial charge in [-0.3, -0.25) is 37.5 Å². The lowest BCUT2D eigenvalue weighted by atomic mass is 10.1. The predicted molar refractivity (Wildman–Crippen MR) is 97.2 cm³/mol. The molecule has 0 aliphatic rings. The van der Waals surface area contributed by atoms with Gasteiger partial charge in [0.25, 0.3) is 0 Å². The van der Waals surface area contributed by atoms with Gasteiger partial charge in [-0.15, -0.1) is 0 Å². The Bertz CT molecular complexity index is 614. The fraction of sp³-hybridized carbons (Fsp3) is 0.118. The van der Waals surface area contributed by atoms with Crippen molar-refractivity contribution >= 4 is 0 Å². The van der Waals surface area contributed by atoms with Crippen molar-refractivity contribution in [3.63, 3.8) is 0 Å². The number of hydrogen-bond donors (Lipinski definition) is 4. The minimum Gasteiger partial charge on any atom is -0.272 e. The lowest BCUT2D eigenvalue weighted by molar-refractivity contribution is 0.900. The second-order valence-corrected chi connectivity index (χ2v) is 4.41. The SMILES string of the molecule is CNN.CNN.c1ccc(-c2cccnc2-c2ccccn2)nc1. The minimum absolute atomic E-state index is 0.858. The van der Waals surface area contributed by atoms with E-state index in [1.54, 1.807) is 32.7 Å². The van der Waals surface area contributed by atoms with Gasteiger partial charge in [-0.25, -0.2) is 0 Å². The van der Waals surface area contributed by atoms with Gasteiger partial charge in [0.05, 0.1) is 17.1 Å². The number of pyridine rings is 3. The Labute approximate surface area is 142 Å². The van der Waals surface area contributed by atoms with E-state index in [-0.39, 0.29) is 0 Å². The number of nitrogens with zero attached hydrogens (tertiary/aromatic N) is 3. The molecule has 7 nitrogen and oxygen atoms in total. The molecule has 6 N–H and O–H groups in total. The van der Waals surface area contributed by atoms with E-state index in [1.807, 2.05) is 48.5 Å². The molecule has 3 aromatic heterocycles. The number of rotatable bonds is 2. The zero-order chi connectivity index (χ0) is 17.6. The summed E-state index contributed by atoms with van der Waals surface area (Å²) >= 11 is 0.